The number of carbonyl (C=O) groups excluding carboxylic acids is 2. The molecular formula is C24H22BrNO4. The van der Waals surface area contributed by atoms with Crippen molar-refractivity contribution < 1.29 is 19.1 Å². The Bertz CT molecular complexity index is 1010. The maximum Gasteiger partial charge on any atom is 0.313 e. The molecule has 1 amide bonds. The molecule has 5 nitrogen and oxygen atoms in total. The standard InChI is InChI=1S/C24H22BrNO4/c1-15(17-7-9-18(25)10-8-17)26-14-24-12-11-19(30-24)20(21(24)22(26)27)23(28)29-13-16-5-3-2-4-6-16/h2-12,15,19-21H,13-14H2,1H3/t15-,19-,20+,21-,24-/m1/s1. The van der Waals surface area contributed by atoms with Crippen LogP contribution in [0.4, 0.5) is 0 Å². The highest BCUT2D eigenvalue weighted by Crippen LogP contribution is 2.53. The van der Waals surface area contributed by atoms with Crippen molar-refractivity contribution >= 4 is 27.8 Å². The molecule has 2 saturated heterocycles. The minimum absolute atomic E-state index is 0.0427. The maximum atomic E-state index is 13.4. The summed E-state index contributed by atoms with van der Waals surface area (Å²) in [5.74, 6) is -1.55. The molecule has 0 radical (unpaired) electrons. The monoisotopic (exact) mass is 467 g/mol. The highest BCUT2D eigenvalue weighted by atomic mass is 79.9. The summed E-state index contributed by atoms with van der Waals surface area (Å²) in [7, 11) is 0. The first-order valence-corrected chi connectivity index (χ1v) is 10.9. The van der Waals surface area contributed by atoms with Crippen LogP contribution in [0.2, 0.25) is 0 Å². The molecule has 154 valence electrons. The highest BCUT2D eigenvalue weighted by molar-refractivity contribution is 9.10. The van der Waals surface area contributed by atoms with E-state index in [0.29, 0.717) is 6.54 Å². The van der Waals surface area contributed by atoms with Crippen LogP contribution >= 0.6 is 15.9 Å². The van der Waals surface area contributed by atoms with Gasteiger partial charge in [0.15, 0.2) is 0 Å². The molecule has 0 unspecified atom stereocenters. The summed E-state index contributed by atoms with van der Waals surface area (Å²) >= 11 is 3.45. The van der Waals surface area contributed by atoms with E-state index in [1.807, 2.05) is 78.6 Å². The minimum atomic E-state index is -0.734. The normalized spacial score (nSPS) is 29.9. The summed E-state index contributed by atoms with van der Waals surface area (Å²) in [4.78, 5) is 28.2. The van der Waals surface area contributed by atoms with Crippen molar-refractivity contribution in [1.29, 1.82) is 0 Å². The van der Waals surface area contributed by atoms with Gasteiger partial charge in [-0.3, -0.25) is 9.59 Å². The molecule has 2 aromatic carbocycles. The Kier molecular flexibility index (Phi) is 4.79. The predicted octanol–water partition coefficient (Wildman–Crippen LogP) is 4.04. The third-order valence-corrected chi connectivity index (χ3v) is 6.97. The fourth-order valence-corrected chi connectivity index (χ4v) is 5.14. The number of esters is 1. The summed E-state index contributed by atoms with van der Waals surface area (Å²) in [5, 5.41) is 0. The SMILES string of the molecule is C[C@H](c1ccc(Br)cc1)N1C[C@@]23C=C[C@@H](O2)[C@H](C(=O)OCc2ccccc2)[C@@H]3C1=O. The van der Waals surface area contributed by atoms with Crippen LogP contribution < -0.4 is 0 Å². The van der Waals surface area contributed by atoms with Gasteiger partial charge in [-0.1, -0.05) is 70.5 Å². The molecule has 0 N–H and O–H groups in total. The van der Waals surface area contributed by atoms with E-state index >= 15 is 0 Å². The number of likely N-dealkylation sites (tertiary alicyclic amines) is 1. The average molecular weight is 468 g/mol. The molecule has 0 aliphatic carbocycles. The third kappa shape index (κ3) is 3.10. The molecule has 5 rings (SSSR count). The average Bonchev–Trinajstić information content (AvgIpc) is 3.41. The van der Waals surface area contributed by atoms with Crippen LogP contribution in [0.5, 0.6) is 0 Å². The van der Waals surface area contributed by atoms with Gasteiger partial charge in [0.05, 0.1) is 24.6 Å². The van der Waals surface area contributed by atoms with Crippen molar-refractivity contribution in [3.05, 3.63) is 82.3 Å². The van der Waals surface area contributed by atoms with Crippen LogP contribution in [0.25, 0.3) is 0 Å². The zero-order valence-electron chi connectivity index (χ0n) is 16.5. The number of amides is 1. The lowest BCUT2D eigenvalue weighted by Gasteiger charge is -2.27. The first-order valence-electron chi connectivity index (χ1n) is 10.1. The number of hydrogen-bond acceptors (Lipinski definition) is 4. The molecule has 2 bridgehead atoms. The van der Waals surface area contributed by atoms with Crippen molar-refractivity contribution in [3.63, 3.8) is 0 Å². The zero-order valence-corrected chi connectivity index (χ0v) is 18.1. The number of halogens is 1. The predicted molar refractivity (Wildman–Crippen MR) is 114 cm³/mol. The topological polar surface area (TPSA) is 55.8 Å². The summed E-state index contributed by atoms with van der Waals surface area (Å²) in [6, 6.07) is 17.4. The van der Waals surface area contributed by atoms with E-state index < -0.39 is 23.5 Å². The van der Waals surface area contributed by atoms with Crippen LogP contribution in [-0.2, 0) is 25.7 Å². The van der Waals surface area contributed by atoms with Gasteiger partial charge in [0, 0.05) is 4.47 Å². The molecule has 3 aliphatic rings. The molecule has 3 aliphatic heterocycles. The van der Waals surface area contributed by atoms with Gasteiger partial charge in [-0.25, -0.2) is 0 Å². The Balaban J connectivity index is 1.35. The Morgan fingerprint density at radius 2 is 1.97 bits per heavy atom. The van der Waals surface area contributed by atoms with Crippen molar-refractivity contribution in [1.82, 2.24) is 4.90 Å². The van der Waals surface area contributed by atoms with Crippen LogP contribution in [0.1, 0.15) is 24.1 Å². The Morgan fingerprint density at radius 3 is 2.70 bits per heavy atom. The van der Waals surface area contributed by atoms with Crippen molar-refractivity contribution in [2.45, 2.75) is 31.3 Å². The second-order valence-electron chi connectivity index (χ2n) is 8.19. The van der Waals surface area contributed by atoms with Crippen LogP contribution in [0.15, 0.2) is 71.2 Å². The minimum Gasteiger partial charge on any atom is -0.460 e. The first-order chi connectivity index (χ1) is 14.5. The molecule has 0 saturated carbocycles. The second-order valence-corrected chi connectivity index (χ2v) is 9.10. The molecule has 2 aromatic rings. The summed E-state index contributed by atoms with van der Waals surface area (Å²) in [5.41, 5.74) is 1.23. The summed E-state index contributed by atoms with van der Waals surface area (Å²) < 4.78 is 12.8. The van der Waals surface area contributed by atoms with E-state index in [4.69, 9.17) is 9.47 Å². The highest BCUT2D eigenvalue weighted by Gasteiger charge is 2.67. The number of carbonyl (C=O) groups is 2. The molecule has 3 heterocycles. The van der Waals surface area contributed by atoms with Gasteiger partial charge < -0.3 is 14.4 Å². The molecule has 1 spiro atoms. The second kappa shape index (κ2) is 7.36. The van der Waals surface area contributed by atoms with Gasteiger partial charge in [-0.15, -0.1) is 0 Å². The molecule has 2 fully saturated rings. The van der Waals surface area contributed by atoms with Crippen molar-refractivity contribution in [3.8, 4) is 0 Å². The smallest absolute Gasteiger partial charge is 0.313 e. The van der Waals surface area contributed by atoms with Crippen molar-refractivity contribution in [2.75, 3.05) is 6.54 Å². The molecule has 6 heteroatoms. The van der Waals surface area contributed by atoms with E-state index in [0.717, 1.165) is 15.6 Å². The van der Waals surface area contributed by atoms with Gasteiger partial charge in [-0.05, 0) is 30.2 Å². The number of fused-ring (bicyclic) bond motifs is 1. The van der Waals surface area contributed by atoms with Gasteiger partial charge in [0.1, 0.15) is 18.1 Å². The number of rotatable bonds is 5. The lowest BCUT2D eigenvalue weighted by atomic mass is 9.77. The van der Waals surface area contributed by atoms with Gasteiger partial charge in [0.2, 0.25) is 5.91 Å². The third-order valence-electron chi connectivity index (χ3n) is 6.45. The number of nitrogens with zero attached hydrogens (tertiary/aromatic N) is 1. The fraction of sp³-hybridized carbons (Fsp3) is 0.333. The van der Waals surface area contributed by atoms with E-state index in [1.54, 1.807) is 0 Å². The van der Waals surface area contributed by atoms with E-state index in [1.165, 1.54) is 0 Å². The van der Waals surface area contributed by atoms with Crippen LogP contribution in [0, 0.1) is 11.8 Å². The van der Waals surface area contributed by atoms with E-state index in [-0.39, 0.29) is 24.5 Å². The fourth-order valence-electron chi connectivity index (χ4n) is 4.87. The maximum absolute atomic E-state index is 13.4. The number of ether oxygens (including phenoxy) is 2. The lowest BCUT2D eigenvalue weighted by Crippen LogP contribution is -2.40. The summed E-state index contributed by atoms with van der Waals surface area (Å²) in [6.07, 6.45) is 3.48. The molecule has 0 aromatic heterocycles. The van der Waals surface area contributed by atoms with Gasteiger partial charge in [0.25, 0.3) is 0 Å². The molecule has 30 heavy (non-hydrogen) atoms. The number of hydrogen-bond donors (Lipinski definition) is 0. The lowest BCUT2D eigenvalue weighted by molar-refractivity contribution is -0.155. The van der Waals surface area contributed by atoms with Gasteiger partial charge >= 0.3 is 5.97 Å². The molecular weight excluding hydrogens is 446 g/mol. The van der Waals surface area contributed by atoms with E-state index in [2.05, 4.69) is 15.9 Å². The summed E-state index contributed by atoms with van der Waals surface area (Å²) in [6.45, 7) is 2.65. The first kappa shape index (κ1) is 19.5. The van der Waals surface area contributed by atoms with Crippen molar-refractivity contribution in [2.24, 2.45) is 11.8 Å². The Hall–Kier alpha value is -2.44. The molecule has 5 atom stereocenters. The quantitative estimate of drug-likeness (QED) is 0.491. The Morgan fingerprint density at radius 1 is 1.23 bits per heavy atom. The largest absolute Gasteiger partial charge is 0.460 e. The van der Waals surface area contributed by atoms with Crippen LogP contribution in [-0.4, -0.2) is 35.0 Å². The zero-order chi connectivity index (χ0) is 20.9. The Labute approximate surface area is 183 Å². The van der Waals surface area contributed by atoms with E-state index in [9.17, 15) is 9.59 Å². The van der Waals surface area contributed by atoms with Crippen LogP contribution in [0.3, 0.4) is 0 Å². The van der Waals surface area contributed by atoms with Gasteiger partial charge in [-0.2, -0.15) is 0 Å². The number of benzene rings is 2.